The van der Waals surface area contributed by atoms with Crippen molar-refractivity contribution in [3.8, 4) is 0 Å². The van der Waals surface area contributed by atoms with Crippen molar-refractivity contribution in [1.82, 2.24) is 24.8 Å². The summed E-state index contributed by atoms with van der Waals surface area (Å²) in [6.07, 6.45) is 5.72. The Morgan fingerprint density at radius 1 is 1.00 bits per heavy atom. The molecule has 0 bridgehead atoms. The molecule has 3 aromatic heterocycles. The van der Waals surface area contributed by atoms with E-state index in [1.165, 1.54) is 4.57 Å². The zero-order valence-corrected chi connectivity index (χ0v) is 17.8. The molecular formula is C24H24N6O2. The molecule has 32 heavy (non-hydrogen) atoms. The second kappa shape index (κ2) is 9.82. The average molecular weight is 428 g/mol. The molecule has 0 aliphatic carbocycles. The van der Waals surface area contributed by atoms with E-state index in [2.05, 4.69) is 25.6 Å². The molecule has 4 aromatic rings. The molecule has 1 amide bonds. The molecule has 8 heteroatoms. The summed E-state index contributed by atoms with van der Waals surface area (Å²) in [4.78, 5) is 38.3. The highest BCUT2D eigenvalue weighted by molar-refractivity contribution is 5.82. The summed E-state index contributed by atoms with van der Waals surface area (Å²) >= 11 is 0. The number of hydrogen-bond acceptors (Lipinski definition) is 6. The first kappa shape index (κ1) is 21.2. The number of carbonyl (C=O) groups excluding carboxylic acids is 1. The van der Waals surface area contributed by atoms with Gasteiger partial charge in [-0.05, 0) is 36.8 Å². The van der Waals surface area contributed by atoms with Crippen LogP contribution in [0, 0.1) is 6.92 Å². The Morgan fingerprint density at radius 3 is 2.69 bits per heavy atom. The topological polar surface area (TPSA) is 102 Å². The standard InChI is InChI=1S/C24H24N6O2/c1-17-14-29-23(27-13-10-19-6-4-5-11-25-19)24(32)30(17)16-22(31)28-15-18-9-12-26-21-8-3-2-7-20(18)21/h2-9,11-12,14H,10,13,15-16H2,1H3,(H,27,29)(H,28,31). The van der Waals surface area contributed by atoms with Crippen molar-refractivity contribution in [2.24, 2.45) is 0 Å². The van der Waals surface area contributed by atoms with E-state index in [0.29, 0.717) is 25.2 Å². The SMILES string of the molecule is Cc1cnc(NCCc2ccccn2)c(=O)n1CC(=O)NCc1ccnc2ccccc12. The van der Waals surface area contributed by atoms with Gasteiger partial charge in [0, 0.05) is 54.9 Å². The van der Waals surface area contributed by atoms with Crippen molar-refractivity contribution >= 4 is 22.6 Å². The smallest absolute Gasteiger partial charge is 0.293 e. The first-order chi connectivity index (χ1) is 15.6. The Morgan fingerprint density at radius 2 is 1.84 bits per heavy atom. The summed E-state index contributed by atoms with van der Waals surface area (Å²) in [5.41, 5.74) is 3.07. The summed E-state index contributed by atoms with van der Waals surface area (Å²) in [7, 11) is 0. The minimum absolute atomic E-state index is 0.0783. The lowest BCUT2D eigenvalue weighted by atomic mass is 10.1. The third-order valence-corrected chi connectivity index (χ3v) is 5.17. The molecule has 2 N–H and O–H groups in total. The highest BCUT2D eigenvalue weighted by Crippen LogP contribution is 2.15. The predicted octanol–water partition coefficient (Wildman–Crippen LogP) is 2.47. The minimum atomic E-state index is -0.324. The number of aryl methyl sites for hydroxylation is 1. The molecule has 4 rings (SSSR count). The minimum Gasteiger partial charge on any atom is -0.365 e. The van der Waals surface area contributed by atoms with E-state index in [0.717, 1.165) is 22.2 Å². The number of rotatable bonds is 8. The summed E-state index contributed by atoms with van der Waals surface area (Å²) in [6, 6.07) is 15.4. The van der Waals surface area contributed by atoms with Crippen LogP contribution in [0.4, 0.5) is 5.82 Å². The fourth-order valence-electron chi connectivity index (χ4n) is 3.45. The van der Waals surface area contributed by atoms with Crippen molar-refractivity contribution in [2.45, 2.75) is 26.4 Å². The number of fused-ring (bicyclic) bond motifs is 1. The molecule has 0 radical (unpaired) electrons. The molecule has 3 heterocycles. The van der Waals surface area contributed by atoms with Crippen LogP contribution < -0.4 is 16.2 Å². The van der Waals surface area contributed by atoms with E-state index in [1.807, 2.05) is 48.5 Å². The van der Waals surface area contributed by atoms with Crippen molar-refractivity contribution in [3.63, 3.8) is 0 Å². The van der Waals surface area contributed by atoms with E-state index in [1.54, 1.807) is 25.5 Å². The van der Waals surface area contributed by atoms with Gasteiger partial charge < -0.3 is 10.6 Å². The number of benzene rings is 1. The van der Waals surface area contributed by atoms with Crippen LogP contribution in [-0.4, -0.2) is 32.0 Å². The van der Waals surface area contributed by atoms with E-state index >= 15 is 0 Å². The number of aromatic nitrogens is 4. The fourth-order valence-corrected chi connectivity index (χ4v) is 3.45. The van der Waals surface area contributed by atoms with Crippen LogP contribution in [0.25, 0.3) is 10.9 Å². The molecule has 0 unspecified atom stereocenters. The Kier molecular flexibility index (Phi) is 6.50. The maximum atomic E-state index is 12.9. The summed E-state index contributed by atoms with van der Waals surface area (Å²) in [5, 5.41) is 6.95. The van der Waals surface area contributed by atoms with Gasteiger partial charge in [-0.25, -0.2) is 4.98 Å². The van der Waals surface area contributed by atoms with Crippen LogP contribution in [0.15, 0.2) is 71.9 Å². The van der Waals surface area contributed by atoms with Crippen LogP contribution >= 0.6 is 0 Å². The molecule has 8 nitrogen and oxygen atoms in total. The lowest BCUT2D eigenvalue weighted by Gasteiger charge is -2.13. The van der Waals surface area contributed by atoms with Gasteiger partial charge in [-0.15, -0.1) is 0 Å². The Hall–Kier alpha value is -4.07. The number of hydrogen-bond donors (Lipinski definition) is 2. The first-order valence-electron chi connectivity index (χ1n) is 10.4. The van der Waals surface area contributed by atoms with Crippen LogP contribution in [0.3, 0.4) is 0 Å². The van der Waals surface area contributed by atoms with Crippen molar-refractivity contribution < 1.29 is 4.79 Å². The molecule has 0 atom stereocenters. The second-order valence-corrected chi connectivity index (χ2v) is 7.40. The van der Waals surface area contributed by atoms with Crippen molar-refractivity contribution in [3.05, 3.63) is 94.4 Å². The molecule has 1 aromatic carbocycles. The van der Waals surface area contributed by atoms with Crippen LogP contribution in [0.2, 0.25) is 0 Å². The normalized spacial score (nSPS) is 10.8. The molecule has 0 aliphatic rings. The number of carbonyl (C=O) groups is 1. The number of nitrogens with zero attached hydrogens (tertiary/aromatic N) is 4. The number of nitrogens with one attached hydrogen (secondary N) is 2. The van der Waals surface area contributed by atoms with E-state index in [-0.39, 0.29) is 23.8 Å². The molecular weight excluding hydrogens is 404 g/mol. The summed E-state index contributed by atoms with van der Waals surface area (Å²) in [6.45, 7) is 2.56. The molecule has 0 fully saturated rings. The average Bonchev–Trinajstić information content (AvgIpc) is 2.82. The lowest BCUT2D eigenvalue weighted by Crippen LogP contribution is -2.34. The first-order valence-corrected chi connectivity index (χ1v) is 10.4. The summed E-state index contributed by atoms with van der Waals surface area (Å²) in [5.74, 6) is -0.0267. The Bertz CT molecular complexity index is 1280. The van der Waals surface area contributed by atoms with Gasteiger partial charge in [-0.3, -0.25) is 24.1 Å². The van der Waals surface area contributed by atoms with Crippen molar-refractivity contribution in [1.29, 1.82) is 0 Å². The van der Waals surface area contributed by atoms with Gasteiger partial charge in [0.1, 0.15) is 6.54 Å². The second-order valence-electron chi connectivity index (χ2n) is 7.40. The molecule has 0 aliphatic heterocycles. The predicted molar refractivity (Wildman–Crippen MR) is 123 cm³/mol. The molecule has 162 valence electrons. The van der Waals surface area contributed by atoms with Gasteiger partial charge in [-0.1, -0.05) is 24.3 Å². The maximum absolute atomic E-state index is 12.9. The van der Waals surface area contributed by atoms with E-state index < -0.39 is 0 Å². The van der Waals surface area contributed by atoms with Gasteiger partial charge in [0.15, 0.2) is 5.82 Å². The number of anilines is 1. The highest BCUT2D eigenvalue weighted by atomic mass is 16.2. The molecule has 0 spiro atoms. The van der Waals surface area contributed by atoms with Gasteiger partial charge in [0.05, 0.1) is 5.52 Å². The van der Waals surface area contributed by atoms with Crippen LogP contribution in [0.5, 0.6) is 0 Å². The summed E-state index contributed by atoms with van der Waals surface area (Å²) < 4.78 is 1.43. The molecule has 0 saturated heterocycles. The maximum Gasteiger partial charge on any atom is 0.293 e. The molecule has 0 saturated carbocycles. The van der Waals surface area contributed by atoms with Crippen LogP contribution in [0.1, 0.15) is 17.0 Å². The number of amides is 1. The zero-order valence-electron chi connectivity index (χ0n) is 17.8. The van der Waals surface area contributed by atoms with Crippen LogP contribution in [-0.2, 0) is 24.3 Å². The third-order valence-electron chi connectivity index (χ3n) is 5.17. The van der Waals surface area contributed by atoms with E-state index in [9.17, 15) is 9.59 Å². The highest BCUT2D eigenvalue weighted by Gasteiger charge is 2.12. The Balaban J connectivity index is 1.40. The quantitative estimate of drug-likeness (QED) is 0.447. The lowest BCUT2D eigenvalue weighted by molar-refractivity contribution is -0.121. The van der Waals surface area contributed by atoms with Gasteiger partial charge >= 0.3 is 0 Å². The van der Waals surface area contributed by atoms with Gasteiger partial charge in [-0.2, -0.15) is 0 Å². The number of para-hydroxylation sites is 1. The fraction of sp³-hybridized carbons (Fsp3) is 0.208. The van der Waals surface area contributed by atoms with Gasteiger partial charge in [0.25, 0.3) is 5.56 Å². The monoisotopic (exact) mass is 428 g/mol. The Labute approximate surface area is 185 Å². The zero-order chi connectivity index (χ0) is 22.3. The van der Waals surface area contributed by atoms with E-state index in [4.69, 9.17) is 0 Å². The largest absolute Gasteiger partial charge is 0.365 e. The number of pyridine rings is 2. The third kappa shape index (κ3) is 4.97. The van der Waals surface area contributed by atoms with Crippen molar-refractivity contribution in [2.75, 3.05) is 11.9 Å². The van der Waals surface area contributed by atoms with Gasteiger partial charge in [0.2, 0.25) is 5.91 Å².